The molecule has 1 spiro atoms. The molecule has 1 atom stereocenters. The lowest BCUT2D eigenvalue weighted by atomic mass is 9.75. The molecule has 2 nitrogen and oxygen atoms in total. The Hall–Kier alpha value is -0.0200. The summed E-state index contributed by atoms with van der Waals surface area (Å²) < 4.78 is 6.11. The molecule has 0 aromatic carbocycles. The molecule has 1 heterocycles. The molecular formula is C17H28O2S. The first-order valence-corrected chi connectivity index (χ1v) is 9.61. The summed E-state index contributed by atoms with van der Waals surface area (Å²) in [5, 5.41) is 0.766. The van der Waals surface area contributed by atoms with Crippen LogP contribution < -0.4 is 0 Å². The largest absolute Gasteiger partial charge is 0.375 e. The number of hydrogen-bond acceptors (Lipinski definition) is 3. The Morgan fingerprint density at radius 1 is 1.05 bits per heavy atom. The van der Waals surface area contributed by atoms with Crippen LogP contribution in [0.2, 0.25) is 0 Å². The Morgan fingerprint density at radius 3 is 2.55 bits per heavy atom. The van der Waals surface area contributed by atoms with Crippen molar-refractivity contribution in [3.05, 3.63) is 0 Å². The third kappa shape index (κ3) is 3.59. The number of thioether (sulfide) groups is 1. The lowest BCUT2D eigenvalue weighted by Crippen LogP contribution is -2.43. The standard InChI is InChI=1S/C17H28O2S/c18-16(13-20-15-6-2-3-7-15)14-8-11-19-17(12-14)9-4-1-5-10-17/h14-15H,1-13H2. The first-order chi connectivity index (χ1) is 9.77. The SMILES string of the molecule is O=C(CSC1CCCC1)C1CCOC2(CCCCC2)C1. The van der Waals surface area contributed by atoms with Gasteiger partial charge in [0.15, 0.2) is 0 Å². The van der Waals surface area contributed by atoms with Gasteiger partial charge >= 0.3 is 0 Å². The molecule has 2 aliphatic carbocycles. The van der Waals surface area contributed by atoms with Crippen LogP contribution in [0.15, 0.2) is 0 Å². The van der Waals surface area contributed by atoms with Gasteiger partial charge in [-0.3, -0.25) is 4.79 Å². The van der Waals surface area contributed by atoms with Crippen molar-refractivity contribution in [3.63, 3.8) is 0 Å². The van der Waals surface area contributed by atoms with Gasteiger partial charge in [-0.1, -0.05) is 32.1 Å². The van der Waals surface area contributed by atoms with Gasteiger partial charge in [0.2, 0.25) is 0 Å². The zero-order valence-electron chi connectivity index (χ0n) is 12.6. The van der Waals surface area contributed by atoms with Crippen molar-refractivity contribution in [3.8, 4) is 0 Å². The molecule has 0 N–H and O–H groups in total. The molecule has 0 aromatic heterocycles. The van der Waals surface area contributed by atoms with Gasteiger partial charge in [-0.25, -0.2) is 0 Å². The number of rotatable bonds is 4. The Morgan fingerprint density at radius 2 is 1.80 bits per heavy atom. The summed E-state index contributed by atoms with van der Waals surface area (Å²) in [4.78, 5) is 12.5. The zero-order chi connectivity index (χ0) is 13.8. The number of hydrogen-bond donors (Lipinski definition) is 0. The Kier molecular flexibility index (Phi) is 5.09. The molecule has 2 saturated carbocycles. The minimum absolute atomic E-state index is 0.0782. The molecule has 1 aliphatic heterocycles. The second-order valence-electron chi connectivity index (χ2n) is 6.97. The number of ether oxygens (including phenoxy) is 1. The molecule has 114 valence electrons. The molecule has 3 fully saturated rings. The highest BCUT2D eigenvalue weighted by molar-refractivity contribution is 8.00. The van der Waals surface area contributed by atoms with Crippen molar-refractivity contribution < 1.29 is 9.53 Å². The fourth-order valence-electron chi connectivity index (χ4n) is 4.22. The summed E-state index contributed by atoms with van der Waals surface area (Å²) in [6, 6.07) is 0. The molecule has 3 aliphatic rings. The van der Waals surface area contributed by atoms with Gasteiger partial charge in [0.25, 0.3) is 0 Å². The fraction of sp³-hybridized carbons (Fsp3) is 0.941. The molecule has 3 heteroatoms. The van der Waals surface area contributed by atoms with E-state index in [9.17, 15) is 4.79 Å². The Balaban J connectivity index is 1.49. The van der Waals surface area contributed by atoms with Crippen molar-refractivity contribution in [1.29, 1.82) is 0 Å². The number of ketones is 1. The maximum atomic E-state index is 12.5. The average Bonchev–Trinajstić information content (AvgIpc) is 2.99. The first-order valence-electron chi connectivity index (χ1n) is 8.56. The van der Waals surface area contributed by atoms with Crippen LogP contribution in [-0.4, -0.2) is 29.0 Å². The normalized spacial score (nSPS) is 30.7. The van der Waals surface area contributed by atoms with E-state index in [2.05, 4.69) is 0 Å². The summed E-state index contributed by atoms with van der Waals surface area (Å²) in [7, 11) is 0. The quantitative estimate of drug-likeness (QED) is 0.771. The highest BCUT2D eigenvalue weighted by Gasteiger charge is 2.40. The van der Waals surface area contributed by atoms with Crippen molar-refractivity contribution in [2.45, 2.75) is 81.5 Å². The van der Waals surface area contributed by atoms with Crippen LogP contribution in [0.25, 0.3) is 0 Å². The van der Waals surface area contributed by atoms with Crippen LogP contribution in [0.5, 0.6) is 0 Å². The summed E-state index contributed by atoms with van der Waals surface area (Å²) in [5.74, 6) is 1.55. The smallest absolute Gasteiger partial charge is 0.146 e. The third-order valence-electron chi connectivity index (χ3n) is 5.48. The van der Waals surface area contributed by atoms with E-state index in [1.807, 2.05) is 11.8 Å². The van der Waals surface area contributed by atoms with Gasteiger partial charge in [0.05, 0.1) is 11.4 Å². The lowest BCUT2D eigenvalue weighted by molar-refractivity contribution is -0.140. The predicted molar refractivity (Wildman–Crippen MR) is 84.2 cm³/mol. The van der Waals surface area contributed by atoms with Crippen molar-refractivity contribution in [2.24, 2.45) is 5.92 Å². The minimum atomic E-state index is 0.0782. The van der Waals surface area contributed by atoms with Crippen LogP contribution in [0.4, 0.5) is 0 Å². The number of Topliss-reactive ketones (excluding diaryl/α,β-unsaturated/α-hetero) is 1. The second-order valence-corrected chi connectivity index (χ2v) is 8.25. The summed E-state index contributed by atoms with van der Waals surface area (Å²) >= 11 is 1.93. The maximum absolute atomic E-state index is 12.5. The van der Waals surface area contributed by atoms with Gasteiger partial charge in [-0.05, 0) is 38.5 Å². The maximum Gasteiger partial charge on any atom is 0.146 e. The molecule has 20 heavy (non-hydrogen) atoms. The van der Waals surface area contributed by atoms with Crippen LogP contribution in [0.3, 0.4) is 0 Å². The van der Waals surface area contributed by atoms with E-state index in [1.165, 1.54) is 57.8 Å². The Labute approximate surface area is 127 Å². The van der Waals surface area contributed by atoms with Crippen molar-refractivity contribution >= 4 is 17.5 Å². The van der Waals surface area contributed by atoms with Gasteiger partial charge in [0, 0.05) is 17.8 Å². The number of carbonyl (C=O) groups is 1. The topological polar surface area (TPSA) is 26.3 Å². The molecule has 1 unspecified atom stereocenters. The van der Waals surface area contributed by atoms with E-state index in [0.29, 0.717) is 5.78 Å². The van der Waals surface area contributed by atoms with E-state index in [4.69, 9.17) is 4.74 Å². The van der Waals surface area contributed by atoms with Crippen LogP contribution in [0.1, 0.15) is 70.6 Å². The van der Waals surface area contributed by atoms with Gasteiger partial charge in [0.1, 0.15) is 5.78 Å². The highest BCUT2D eigenvalue weighted by atomic mass is 32.2. The highest BCUT2D eigenvalue weighted by Crippen LogP contribution is 2.41. The third-order valence-corrected chi connectivity index (χ3v) is 6.87. The fourth-order valence-corrected chi connectivity index (χ4v) is 5.52. The van der Waals surface area contributed by atoms with Gasteiger partial charge in [-0.15, -0.1) is 0 Å². The van der Waals surface area contributed by atoms with Crippen LogP contribution in [-0.2, 0) is 9.53 Å². The molecule has 0 aromatic rings. The molecule has 0 radical (unpaired) electrons. The number of carbonyl (C=O) groups excluding carboxylic acids is 1. The minimum Gasteiger partial charge on any atom is -0.375 e. The predicted octanol–water partition coefficient (Wildman–Crippen LogP) is 4.36. The van der Waals surface area contributed by atoms with E-state index < -0.39 is 0 Å². The van der Waals surface area contributed by atoms with E-state index in [0.717, 1.165) is 30.5 Å². The lowest BCUT2D eigenvalue weighted by Gasteiger charge is -2.43. The van der Waals surface area contributed by atoms with Gasteiger partial charge in [-0.2, -0.15) is 11.8 Å². The van der Waals surface area contributed by atoms with Crippen LogP contribution in [0, 0.1) is 5.92 Å². The zero-order valence-corrected chi connectivity index (χ0v) is 13.4. The molecule has 0 bridgehead atoms. The van der Waals surface area contributed by atoms with E-state index in [-0.39, 0.29) is 11.5 Å². The molecule has 0 amide bonds. The second kappa shape index (κ2) is 6.83. The first kappa shape index (κ1) is 14.9. The Bertz CT molecular complexity index is 324. The summed E-state index contributed by atoms with van der Waals surface area (Å²) in [6.07, 6.45) is 13.7. The summed E-state index contributed by atoms with van der Waals surface area (Å²) in [5.41, 5.74) is 0.0782. The molecular weight excluding hydrogens is 268 g/mol. The van der Waals surface area contributed by atoms with Crippen molar-refractivity contribution in [2.75, 3.05) is 12.4 Å². The molecule has 1 saturated heterocycles. The average molecular weight is 296 g/mol. The molecule has 3 rings (SSSR count). The van der Waals surface area contributed by atoms with Crippen LogP contribution >= 0.6 is 11.8 Å². The van der Waals surface area contributed by atoms with E-state index in [1.54, 1.807) is 0 Å². The summed E-state index contributed by atoms with van der Waals surface area (Å²) in [6.45, 7) is 0.810. The van der Waals surface area contributed by atoms with E-state index >= 15 is 0 Å². The van der Waals surface area contributed by atoms with Gasteiger partial charge < -0.3 is 4.74 Å². The van der Waals surface area contributed by atoms with Crippen molar-refractivity contribution in [1.82, 2.24) is 0 Å². The monoisotopic (exact) mass is 296 g/mol.